The van der Waals surface area contributed by atoms with Crippen molar-refractivity contribution in [1.82, 2.24) is 4.98 Å². The van der Waals surface area contributed by atoms with E-state index in [4.69, 9.17) is 4.74 Å². The quantitative estimate of drug-likeness (QED) is 0.475. The van der Waals surface area contributed by atoms with Gasteiger partial charge in [0.05, 0.1) is 18.0 Å². The summed E-state index contributed by atoms with van der Waals surface area (Å²) in [6.07, 6.45) is 3.08. The van der Waals surface area contributed by atoms with Gasteiger partial charge in [-0.05, 0) is 25.8 Å². The SMILES string of the molecule is COC(=O)[C@@H]1CCCN(c2nccc(C)c2[N+](=O)[O-])C1. The monoisotopic (exact) mass is 279 g/mol. The molecule has 0 bridgehead atoms. The molecule has 1 atom stereocenters. The van der Waals surface area contributed by atoms with Gasteiger partial charge in [0.15, 0.2) is 0 Å². The summed E-state index contributed by atoms with van der Waals surface area (Å²) in [5.74, 6) is -0.190. The number of esters is 1. The first-order chi connectivity index (χ1) is 9.54. The van der Waals surface area contributed by atoms with Gasteiger partial charge in [-0.2, -0.15) is 0 Å². The number of aryl methyl sites for hydroxylation is 1. The highest BCUT2D eigenvalue weighted by Crippen LogP contribution is 2.32. The Hall–Kier alpha value is -2.18. The van der Waals surface area contributed by atoms with Gasteiger partial charge in [0.25, 0.3) is 0 Å². The van der Waals surface area contributed by atoms with E-state index in [1.807, 2.05) is 0 Å². The van der Waals surface area contributed by atoms with Crippen molar-refractivity contribution in [2.45, 2.75) is 19.8 Å². The predicted molar refractivity (Wildman–Crippen MR) is 72.6 cm³/mol. The number of hydrogen-bond acceptors (Lipinski definition) is 6. The van der Waals surface area contributed by atoms with Gasteiger partial charge in [0.1, 0.15) is 0 Å². The fourth-order valence-corrected chi connectivity index (χ4v) is 2.52. The number of piperidine rings is 1. The number of hydrogen-bond donors (Lipinski definition) is 0. The van der Waals surface area contributed by atoms with Crippen LogP contribution in [-0.4, -0.2) is 36.1 Å². The largest absolute Gasteiger partial charge is 0.469 e. The van der Waals surface area contributed by atoms with E-state index in [1.165, 1.54) is 7.11 Å². The number of carbonyl (C=O) groups excluding carboxylic acids is 1. The fraction of sp³-hybridized carbons (Fsp3) is 0.538. The number of nitrogens with zero attached hydrogens (tertiary/aromatic N) is 3. The van der Waals surface area contributed by atoms with Crippen LogP contribution in [0.15, 0.2) is 12.3 Å². The topological polar surface area (TPSA) is 85.6 Å². The van der Waals surface area contributed by atoms with Crippen LogP contribution >= 0.6 is 0 Å². The minimum absolute atomic E-state index is 0.0121. The molecule has 0 radical (unpaired) electrons. The molecule has 1 fully saturated rings. The minimum atomic E-state index is -0.417. The van der Waals surface area contributed by atoms with Crippen LogP contribution in [0.25, 0.3) is 0 Å². The van der Waals surface area contributed by atoms with Crippen LogP contribution in [-0.2, 0) is 9.53 Å². The number of pyridine rings is 1. The zero-order valence-electron chi connectivity index (χ0n) is 11.5. The second-order valence-corrected chi connectivity index (χ2v) is 4.87. The van der Waals surface area contributed by atoms with Crippen molar-refractivity contribution in [3.8, 4) is 0 Å². The van der Waals surface area contributed by atoms with Crippen LogP contribution in [0.2, 0.25) is 0 Å². The maximum atomic E-state index is 11.6. The predicted octanol–water partition coefficient (Wildman–Crippen LogP) is 1.69. The van der Waals surface area contributed by atoms with E-state index in [-0.39, 0.29) is 17.6 Å². The Labute approximate surface area is 116 Å². The third-order valence-electron chi connectivity index (χ3n) is 3.54. The molecule has 7 nitrogen and oxygen atoms in total. The first kappa shape index (κ1) is 14.2. The van der Waals surface area contributed by atoms with Crippen molar-refractivity contribution in [1.29, 1.82) is 0 Å². The second kappa shape index (κ2) is 5.85. The van der Waals surface area contributed by atoms with Crippen molar-refractivity contribution in [2.24, 2.45) is 5.92 Å². The molecule has 1 aliphatic rings. The maximum absolute atomic E-state index is 11.6. The van der Waals surface area contributed by atoms with Gasteiger partial charge in [0, 0.05) is 24.8 Å². The summed E-state index contributed by atoms with van der Waals surface area (Å²) in [7, 11) is 1.36. The Balaban J connectivity index is 2.30. The Morgan fingerprint density at radius 3 is 3.00 bits per heavy atom. The number of nitro groups is 1. The smallest absolute Gasteiger partial charge is 0.314 e. The second-order valence-electron chi connectivity index (χ2n) is 4.87. The molecule has 0 spiro atoms. The highest BCUT2D eigenvalue weighted by atomic mass is 16.6. The van der Waals surface area contributed by atoms with Crippen LogP contribution in [0.3, 0.4) is 0 Å². The molecule has 0 amide bonds. The summed E-state index contributed by atoms with van der Waals surface area (Å²) >= 11 is 0. The zero-order chi connectivity index (χ0) is 14.7. The molecular weight excluding hydrogens is 262 g/mol. The molecule has 1 aromatic rings. The number of rotatable bonds is 3. The van der Waals surface area contributed by atoms with Crippen LogP contribution in [0, 0.1) is 23.0 Å². The van der Waals surface area contributed by atoms with Gasteiger partial charge >= 0.3 is 11.7 Å². The lowest BCUT2D eigenvalue weighted by molar-refractivity contribution is -0.384. The molecule has 0 saturated carbocycles. The molecule has 7 heteroatoms. The van der Waals surface area contributed by atoms with Crippen LogP contribution in [0.4, 0.5) is 11.5 Å². The Morgan fingerprint density at radius 1 is 1.60 bits per heavy atom. The van der Waals surface area contributed by atoms with Crippen LogP contribution < -0.4 is 4.90 Å². The van der Waals surface area contributed by atoms with E-state index in [1.54, 1.807) is 24.1 Å². The molecule has 0 N–H and O–H groups in total. The van der Waals surface area contributed by atoms with Crippen molar-refractivity contribution in [3.05, 3.63) is 27.9 Å². The Morgan fingerprint density at radius 2 is 2.35 bits per heavy atom. The third kappa shape index (κ3) is 2.71. The van der Waals surface area contributed by atoms with Crippen molar-refractivity contribution >= 4 is 17.5 Å². The first-order valence-corrected chi connectivity index (χ1v) is 6.47. The lowest BCUT2D eigenvalue weighted by atomic mass is 9.98. The van der Waals surface area contributed by atoms with Crippen molar-refractivity contribution in [2.75, 3.05) is 25.1 Å². The molecule has 1 aromatic heterocycles. The molecule has 2 heterocycles. The van der Waals surface area contributed by atoms with Gasteiger partial charge in [-0.25, -0.2) is 4.98 Å². The van der Waals surface area contributed by atoms with Gasteiger partial charge < -0.3 is 9.64 Å². The lowest BCUT2D eigenvalue weighted by Crippen LogP contribution is -2.40. The van der Waals surface area contributed by atoms with E-state index in [9.17, 15) is 14.9 Å². The Bertz CT molecular complexity index is 532. The van der Waals surface area contributed by atoms with E-state index in [2.05, 4.69) is 4.98 Å². The molecule has 1 saturated heterocycles. The average Bonchev–Trinajstić information content (AvgIpc) is 2.45. The number of methoxy groups -OCH3 is 1. The first-order valence-electron chi connectivity index (χ1n) is 6.47. The highest BCUT2D eigenvalue weighted by molar-refractivity contribution is 5.74. The van der Waals surface area contributed by atoms with Gasteiger partial charge in [-0.15, -0.1) is 0 Å². The van der Waals surface area contributed by atoms with Gasteiger partial charge in [0.2, 0.25) is 5.82 Å². The van der Waals surface area contributed by atoms with Crippen molar-refractivity contribution < 1.29 is 14.5 Å². The van der Waals surface area contributed by atoms with Crippen molar-refractivity contribution in [3.63, 3.8) is 0 Å². The lowest BCUT2D eigenvalue weighted by Gasteiger charge is -2.31. The number of carbonyl (C=O) groups is 1. The average molecular weight is 279 g/mol. The third-order valence-corrected chi connectivity index (χ3v) is 3.54. The van der Waals surface area contributed by atoms with Gasteiger partial charge in [-0.1, -0.05) is 0 Å². The van der Waals surface area contributed by atoms with Crippen LogP contribution in [0.5, 0.6) is 0 Å². The molecule has 0 unspecified atom stereocenters. The van der Waals surface area contributed by atoms with E-state index >= 15 is 0 Å². The normalized spacial score (nSPS) is 18.7. The summed E-state index contributed by atoms with van der Waals surface area (Å²) in [4.78, 5) is 28.4. The maximum Gasteiger partial charge on any atom is 0.314 e. The summed E-state index contributed by atoms with van der Waals surface area (Å²) in [6.45, 7) is 2.75. The number of aromatic nitrogens is 1. The molecular formula is C13H17N3O4. The van der Waals surface area contributed by atoms with E-state index < -0.39 is 4.92 Å². The fourth-order valence-electron chi connectivity index (χ4n) is 2.52. The molecule has 1 aliphatic heterocycles. The van der Waals surface area contributed by atoms with E-state index in [0.29, 0.717) is 24.5 Å². The molecule has 108 valence electrons. The number of ether oxygens (including phenoxy) is 1. The standard InChI is InChI=1S/C13H17N3O4/c1-9-5-6-14-12(11(9)16(18)19)15-7-3-4-10(8-15)13(17)20-2/h5-6,10H,3-4,7-8H2,1-2H3/t10-/m1/s1. The molecule has 0 aliphatic carbocycles. The van der Waals surface area contributed by atoms with Crippen LogP contribution in [0.1, 0.15) is 18.4 Å². The van der Waals surface area contributed by atoms with Gasteiger partial charge in [-0.3, -0.25) is 14.9 Å². The summed E-state index contributed by atoms with van der Waals surface area (Å²) in [6, 6.07) is 1.61. The highest BCUT2D eigenvalue weighted by Gasteiger charge is 2.31. The molecule has 20 heavy (non-hydrogen) atoms. The Kier molecular flexibility index (Phi) is 4.16. The number of anilines is 1. The summed E-state index contributed by atoms with van der Waals surface area (Å²) in [5, 5.41) is 11.2. The molecule has 0 aromatic carbocycles. The summed E-state index contributed by atoms with van der Waals surface area (Å²) < 4.78 is 4.76. The van der Waals surface area contributed by atoms with E-state index in [0.717, 1.165) is 12.8 Å². The summed E-state index contributed by atoms with van der Waals surface area (Å²) in [5.41, 5.74) is 0.582. The zero-order valence-corrected chi connectivity index (χ0v) is 11.5. The molecule has 2 rings (SSSR count). The minimum Gasteiger partial charge on any atom is -0.469 e.